The zero-order valence-electron chi connectivity index (χ0n) is 7.84. The van der Waals surface area contributed by atoms with Crippen LogP contribution in [0.1, 0.15) is 24.4 Å². The molecule has 1 nitrogen and oxygen atoms in total. The molecule has 1 atom stereocenters. The Morgan fingerprint density at radius 3 is 2.64 bits per heavy atom. The van der Waals surface area contributed by atoms with Gasteiger partial charge in [0.15, 0.2) is 11.6 Å². The molecule has 1 rings (SSSR count). The number of hydrogen-bond donors (Lipinski definition) is 1. The van der Waals surface area contributed by atoms with Crippen LogP contribution in [-0.4, -0.2) is 0 Å². The molecular weight excluding hydrogens is 184 g/mol. The predicted molar refractivity (Wildman–Crippen MR) is 52.7 cm³/mol. The van der Waals surface area contributed by atoms with Gasteiger partial charge in [0.25, 0.3) is 0 Å². The van der Waals surface area contributed by atoms with Crippen molar-refractivity contribution in [1.29, 1.82) is 0 Å². The molecule has 0 amide bonds. The van der Waals surface area contributed by atoms with E-state index in [2.05, 4.69) is 6.58 Å². The maximum absolute atomic E-state index is 12.8. The molecule has 1 aromatic rings. The van der Waals surface area contributed by atoms with Crippen molar-refractivity contribution in [3.63, 3.8) is 0 Å². The van der Waals surface area contributed by atoms with Gasteiger partial charge in [0.2, 0.25) is 0 Å². The van der Waals surface area contributed by atoms with Crippen LogP contribution in [0.2, 0.25) is 0 Å². The molecule has 0 heterocycles. The first-order valence-corrected chi connectivity index (χ1v) is 4.46. The van der Waals surface area contributed by atoms with Crippen LogP contribution in [0.4, 0.5) is 8.78 Å². The van der Waals surface area contributed by atoms with E-state index < -0.39 is 11.6 Å². The van der Waals surface area contributed by atoms with Gasteiger partial charge in [0.05, 0.1) is 0 Å². The van der Waals surface area contributed by atoms with Crippen LogP contribution < -0.4 is 5.73 Å². The Balaban J connectivity index is 2.75. The summed E-state index contributed by atoms with van der Waals surface area (Å²) in [6.45, 7) is 3.57. The van der Waals surface area contributed by atoms with E-state index in [1.165, 1.54) is 6.07 Å². The molecule has 1 aromatic carbocycles. The van der Waals surface area contributed by atoms with Gasteiger partial charge in [-0.3, -0.25) is 0 Å². The fourth-order valence-corrected chi connectivity index (χ4v) is 1.21. The monoisotopic (exact) mass is 197 g/mol. The molecule has 3 heteroatoms. The largest absolute Gasteiger partial charge is 0.324 e. The highest BCUT2D eigenvalue weighted by atomic mass is 19.2. The Kier molecular flexibility index (Phi) is 3.77. The first-order valence-electron chi connectivity index (χ1n) is 4.46. The second kappa shape index (κ2) is 4.86. The van der Waals surface area contributed by atoms with E-state index in [4.69, 9.17) is 5.73 Å². The van der Waals surface area contributed by atoms with Crippen LogP contribution in [0.15, 0.2) is 30.9 Å². The lowest BCUT2D eigenvalue weighted by Gasteiger charge is -2.10. The third kappa shape index (κ3) is 2.64. The highest BCUT2D eigenvalue weighted by Crippen LogP contribution is 2.18. The van der Waals surface area contributed by atoms with Crippen LogP contribution in [-0.2, 0) is 0 Å². The summed E-state index contributed by atoms with van der Waals surface area (Å²) in [5.41, 5.74) is 6.38. The summed E-state index contributed by atoms with van der Waals surface area (Å²) in [6, 6.07) is 3.48. The molecule has 14 heavy (non-hydrogen) atoms. The number of rotatable bonds is 4. The zero-order chi connectivity index (χ0) is 10.6. The van der Waals surface area contributed by atoms with Crippen molar-refractivity contribution < 1.29 is 8.78 Å². The minimum atomic E-state index is -0.850. The average Bonchev–Trinajstić information content (AvgIpc) is 2.18. The molecule has 0 saturated heterocycles. The molecule has 0 radical (unpaired) electrons. The number of halogens is 2. The highest BCUT2D eigenvalue weighted by molar-refractivity contribution is 5.20. The molecule has 76 valence electrons. The van der Waals surface area contributed by atoms with Crippen molar-refractivity contribution in [2.24, 2.45) is 5.73 Å². The molecule has 0 fully saturated rings. The minimum Gasteiger partial charge on any atom is -0.324 e. The minimum absolute atomic E-state index is 0.261. The van der Waals surface area contributed by atoms with Gasteiger partial charge in [-0.25, -0.2) is 8.78 Å². The van der Waals surface area contributed by atoms with Gasteiger partial charge in [-0.05, 0) is 30.5 Å². The quantitative estimate of drug-likeness (QED) is 0.738. The molecule has 0 aliphatic carbocycles. The fraction of sp³-hybridized carbons (Fsp3) is 0.273. The normalized spacial score (nSPS) is 12.5. The van der Waals surface area contributed by atoms with Gasteiger partial charge in [-0.2, -0.15) is 0 Å². The third-order valence-electron chi connectivity index (χ3n) is 2.05. The van der Waals surface area contributed by atoms with Crippen molar-refractivity contribution >= 4 is 0 Å². The number of benzene rings is 1. The summed E-state index contributed by atoms with van der Waals surface area (Å²) >= 11 is 0. The summed E-state index contributed by atoms with van der Waals surface area (Å²) in [7, 11) is 0. The van der Waals surface area contributed by atoms with Gasteiger partial charge < -0.3 is 5.73 Å². The van der Waals surface area contributed by atoms with Crippen molar-refractivity contribution in [2.45, 2.75) is 18.9 Å². The first-order chi connectivity index (χ1) is 6.65. The Bertz CT molecular complexity index is 323. The van der Waals surface area contributed by atoms with E-state index in [-0.39, 0.29) is 6.04 Å². The van der Waals surface area contributed by atoms with E-state index in [9.17, 15) is 8.78 Å². The number of allylic oxidation sites excluding steroid dienone is 1. The van der Waals surface area contributed by atoms with Crippen molar-refractivity contribution in [3.05, 3.63) is 48.1 Å². The summed E-state index contributed by atoms with van der Waals surface area (Å²) in [5, 5.41) is 0. The summed E-state index contributed by atoms with van der Waals surface area (Å²) < 4.78 is 25.4. The number of nitrogens with two attached hydrogens (primary N) is 1. The first kappa shape index (κ1) is 10.9. The Morgan fingerprint density at radius 1 is 1.36 bits per heavy atom. The molecule has 0 spiro atoms. The third-order valence-corrected chi connectivity index (χ3v) is 2.05. The van der Waals surface area contributed by atoms with Crippen molar-refractivity contribution in [3.8, 4) is 0 Å². The molecule has 0 aliphatic rings. The average molecular weight is 197 g/mol. The lowest BCUT2D eigenvalue weighted by Crippen LogP contribution is -2.10. The maximum Gasteiger partial charge on any atom is 0.159 e. The van der Waals surface area contributed by atoms with Crippen LogP contribution in [0, 0.1) is 11.6 Å². The van der Waals surface area contributed by atoms with Gasteiger partial charge in [0, 0.05) is 6.04 Å². The molecule has 0 saturated carbocycles. The Morgan fingerprint density at radius 2 is 2.07 bits per heavy atom. The molecule has 0 bridgehead atoms. The summed E-state index contributed by atoms with van der Waals surface area (Å²) in [6.07, 6.45) is 3.20. The van der Waals surface area contributed by atoms with Crippen molar-refractivity contribution in [1.82, 2.24) is 0 Å². The van der Waals surface area contributed by atoms with Crippen LogP contribution in [0.5, 0.6) is 0 Å². The Hall–Kier alpha value is -1.22. The van der Waals surface area contributed by atoms with E-state index >= 15 is 0 Å². The van der Waals surface area contributed by atoms with Crippen LogP contribution in [0.25, 0.3) is 0 Å². The molecule has 0 aromatic heterocycles. The van der Waals surface area contributed by atoms with E-state index in [0.717, 1.165) is 18.6 Å². The maximum atomic E-state index is 12.8. The van der Waals surface area contributed by atoms with Gasteiger partial charge in [0.1, 0.15) is 0 Å². The van der Waals surface area contributed by atoms with Gasteiger partial charge in [-0.15, -0.1) is 6.58 Å². The highest BCUT2D eigenvalue weighted by Gasteiger charge is 2.08. The topological polar surface area (TPSA) is 26.0 Å². The zero-order valence-corrected chi connectivity index (χ0v) is 7.84. The van der Waals surface area contributed by atoms with E-state index in [1.807, 2.05) is 0 Å². The van der Waals surface area contributed by atoms with Crippen LogP contribution in [0.3, 0.4) is 0 Å². The fourth-order valence-electron chi connectivity index (χ4n) is 1.21. The standard InChI is InChI=1S/C11H13F2N/c1-2-3-4-11(14)8-5-6-9(12)10(13)7-8/h2,5-7,11H,1,3-4,14H2/t11-/m1/s1. The molecule has 0 unspecified atom stereocenters. The van der Waals surface area contributed by atoms with Crippen molar-refractivity contribution in [2.75, 3.05) is 0 Å². The second-order valence-corrected chi connectivity index (χ2v) is 3.15. The summed E-state index contributed by atoms with van der Waals surface area (Å²) in [4.78, 5) is 0. The smallest absolute Gasteiger partial charge is 0.159 e. The lowest BCUT2D eigenvalue weighted by atomic mass is 10.0. The molecular formula is C11H13F2N. The van der Waals surface area contributed by atoms with Gasteiger partial charge in [-0.1, -0.05) is 12.1 Å². The predicted octanol–water partition coefficient (Wildman–Crippen LogP) is 2.93. The van der Waals surface area contributed by atoms with E-state index in [0.29, 0.717) is 12.0 Å². The SMILES string of the molecule is C=CCC[C@@H](N)c1ccc(F)c(F)c1. The summed E-state index contributed by atoms with van der Waals surface area (Å²) in [5.74, 6) is -1.69. The van der Waals surface area contributed by atoms with Gasteiger partial charge >= 0.3 is 0 Å². The molecule has 2 N–H and O–H groups in total. The Labute approximate surface area is 82.2 Å². The lowest BCUT2D eigenvalue weighted by molar-refractivity contribution is 0.504. The van der Waals surface area contributed by atoms with E-state index in [1.54, 1.807) is 6.08 Å². The van der Waals surface area contributed by atoms with Crippen LogP contribution >= 0.6 is 0 Å². The number of hydrogen-bond acceptors (Lipinski definition) is 1. The second-order valence-electron chi connectivity index (χ2n) is 3.15. The molecule has 0 aliphatic heterocycles.